The lowest BCUT2D eigenvalue weighted by molar-refractivity contribution is 0.219. The number of nitrogens with zero attached hydrogens (tertiary/aromatic N) is 2. The Hall–Kier alpha value is -2.06. The molecule has 1 aromatic carbocycles. The molecule has 1 aliphatic carbocycles. The molecule has 1 aliphatic heterocycles. The maximum atomic E-state index is 12.4. The molecule has 0 spiro atoms. The zero-order chi connectivity index (χ0) is 14.8. The summed E-state index contributed by atoms with van der Waals surface area (Å²) >= 11 is 0. The molecule has 3 rings (SSSR count). The number of benzene rings is 1. The number of amides is 2. The minimum absolute atomic E-state index is 0.0910. The maximum Gasteiger partial charge on any atom is 0.321 e. The summed E-state index contributed by atoms with van der Waals surface area (Å²) in [5.74, 6) is 0.986. The zero-order valence-electron chi connectivity index (χ0n) is 12.0. The van der Waals surface area contributed by atoms with Crippen LogP contribution in [0.15, 0.2) is 24.3 Å². The van der Waals surface area contributed by atoms with Crippen LogP contribution in [-0.2, 0) is 0 Å². The molecule has 21 heavy (non-hydrogen) atoms. The highest BCUT2D eigenvalue weighted by molar-refractivity contribution is 5.89. The first-order valence-electron chi connectivity index (χ1n) is 7.49. The summed E-state index contributed by atoms with van der Waals surface area (Å²) in [6.07, 6.45) is 3.41. The predicted molar refractivity (Wildman–Crippen MR) is 80.6 cm³/mol. The first-order valence-corrected chi connectivity index (χ1v) is 7.49. The minimum atomic E-state index is -0.0910. The third-order valence-corrected chi connectivity index (χ3v) is 4.68. The molecule has 1 aromatic rings. The molecular weight excluding hydrogens is 264 g/mol. The zero-order valence-corrected chi connectivity index (χ0v) is 12.0. The van der Waals surface area contributed by atoms with E-state index < -0.39 is 0 Å². The monoisotopic (exact) mass is 284 g/mol. The van der Waals surface area contributed by atoms with Gasteiger partial charge >= 0.3 is 6.03 Å². The van der Waals surface area contributed by atoms with Crippen LogP contribution in [0.3, 0.4) is 0 Å². The van der Waals surface area contributed by atoms with E-state index in [2.05, 4.69) is 11.4 Å². The number of nitriles is 1. The van der Waals surface area contributed by atoms with Crippen molar-refractivity contribution in [3.8, 4) is 6.07 Å². The van der Waals surface area contributed by atoms with Crippen LogP contribution in [0.4, 0.5) is 10.5 Å². The first kappa shape index (κ1) is 13.9. The molecule has 0 aromatic heterocycles. The number of carbonyl (C=O) groups excluding carboxylic acids is 1. The van der Waals surface area contributed by atoms with Gasteiger partial charge in [-0.1, -0.05) is 12.5 Å². The topological polar surface area (TPSA) is 82.2 Å². The lowest BCUT2D eigenvalue weighted by Gasteiger charge is -2.29. The summed E-state index contributed by atoms with van der Waals surface area (Å²) < 4.78 is 0. The lowest BCUT2D eigenvalue weighted by Crippen LogP contribution is -2.39. The predicted octanol–water partition coefficient (Wildman–Crippen LogP) is 2.15. The van der Waals surface area contributed by atoms with E-state index in [0.717, 1.165) is 19.5 Å². The van der Waals surface area contributed by atoms with Crippen LogP contribution in [0.5, 0.6) is 0 Å². The second-order valence-corrected chi connectivity index (χ2v) is 6.05. The number of carbonyl (C=O) groups is 1. The van der Waals surface area contributed by atoms with Gasteiger partial charge in [-0.2, -0.15) is 5.26 Å². The fourth-order valence-corrected chi connectivity index (χ4v) is 3.55. The van der Waals surface area contributed by atoms with Crippen molar-refractivity contribution < 1.29 is 4.79 Å². The summed E-state index contributed by atoms with van der Waals surface area (Å²) in [5, 5.41) is 11.8. The van der Waals surface area contributed by atoms with Gasteiger partial charge in [-0.3, -0.25) is 0 Å². The van der Waals surface area contributed by atoms with E-state index >= 15 is 0 Å². The van der Waals surface area contributed by atoms with Crippen molar-refractivity contribution >= 4 is 11.7 Å². The third kappa shape index (κ3) is 2.86. The molecule has 110 valence electrons. The Labute approximate surface area is 124 Å². The Balaban J connectivity index is 1.65. The third-order valence-electron chi connectivity index (χ3n) is 4.68. The molecule has 5 nitrogen and oxygen atoms in total. The lowest BCUT2D eigenvalue weighted by atomic mass is 9.78. The molecule has 3 atom stereocenters. The summed E-state index contributed by atoms with van der Waals surface area (Å²) in [7, 11) is 0. The van der Waals surface area contributed by atoms with Crippen molar-refractivity contribution in [2.24, 2.45) is 17.6 Å². The number of rotatable bonds is 1. The van der Waals surface area contributed by atoms with Gasteiger partial charge in [-0.05, 0) is 42.9 Å². The maximum absolute atomic E-state index is 12.4. The van der Waals surface area contributed by atoms with Crippen molar-refractivity contribution in [2.75, 3.05) is 18.4 Å². The van der Waals surface area contributed by atoms with Gasteiger partial charge in [0.25, 0.3) is 0 Å². The van der Waals surface area contributed by atoms with E-state index in [1.54, 1.807) is 24.3 Å². The van der Waals surface area contributed by atoms with E-state index in [-0.39, 0.29) is 12.1 Å². The average molecular weight is 284 g/mol. The van der Waals surface area contributed by atoms with Gasteiger partial charge in [0.05, 0.1) is 11.6 Å². The van der Waals surface area contributed by atoms with Crippen LogP contribution < -0.4 is 11.1 Å². The highest BCUT2D eigenvalue weighted by atomic mass is 16.2. The second kappa shape index (κ2) is 5.74. The Kier molecular flexibility index (Phi) is 3.80. The van der Waals surface area contributed by atoms with Crippen molar-refractivity contribution in [3.63, 3.8) is 0 Å². The largest absolute Gasteiger partial charge is 0.327 e. The van der Waals surface area contributed by atoms with Crippen molar-refractivity contribution in [3.05, 3.63) is 29.8 Å². The van der Waals surface area contributed by atoms with Gasteiger partial charge in [-0.15, -0.1) is 0 Å². The van der Waals surface area contributed by atoms with E-state index in [1.165, 1.54) is 12.8 Å². The molecule has 2 fully saturated rings. The molecule has 2 amide bonds. The Morgan fingerprint density at radius 1 is 1.38 bits per heavy atom. The number of fused-ring (bicyclic) bond motifs is 1. The van der Waals surface area contributed by atoms with E-state index in [9.17, 15) is 4.79 Å². The highest BCUT2D eigenvalue weighted by Gasteiger charge is 2.40. The van der Waals surface area contributed by atoms with Crippen molar-refractivity contribution in [1.82, 2.24) is 4.90 Å². The number of urea groups is 1. The van der Waals surface area contributed by atoms with Gasteiger partial charge < -0.3 is 16.0 Å². The fraction of sp³-hybridized carbons (Fsp3) is 0.500. The molecule has 3 unspecified atom stereocenters. The van der Waals surface area contributed by atoms with Crippen LogP contribution in [-0.4, -0.2) is 30.1 Å². The van der Waals surface area contributed by atoms with Gasteiger partial charge in [0.1, 0.15) is 0 Å². The number of hydrogen-bond donors (Lipinski definition) is 2. The van der Waals surface area contributed by atoms with Crippen LogP contribution in [0.2, 0.25) is 0 Å². The first-order chi connectivity index (χ1) is 10.2. The molecule has 2 aliphatic rings. The fourth-order valence-electron chi connectivity index (χ4n) is 3.55. The number of anilines is 1. The van der Waals surface area contributed by atoms with E-state index in [1.807, 2.05) is 4.90 Å². The Morgan fingerprint density at radius 2 is 2.24 bits per heavy atom. The molecule has 1 heterocycles. The SMILES string of the molecule is N#Cc1cccc(NC(=O)N2CC3CCCC(N)C3C2)c1. The molecule has 0 bridgehead atoms. The molecule has 1 saturated heterocycles. The Morgan fingerprint density at radius 3 is 3.00 bits per heavy atom. The molecular formula is C16H20N4O. The average Bonchev–Trinajstić information content (AvgIpc) is 2.93. The van der Waals surface area contributed by atoms with Gasteiger partial charge in [0, 0.05) is 24.8 Å². The second-order valence-electron chi connectivity index (χ2n) is 6.05. The van der Waals surface area contributed by atoms with Crippen LogP contribution >= 0.6 is 0 Å². The number of nitrogens with one attached hydrogen (secondary N) is 1. The van der Waals surface area contributed by atoms with E-state index in [0.29, 0.717) is 23.1 Å². The summed E-state index contributed by atoms with van der Waals surface area (Å²) in [6, 6.07) is 9.19. The standard InChI is InChI=1S/C16H20N4O/c17-8-11-3-1-5-13(7-11)19-16(21)20-9-12-4-2-6-15(18)14(12)10-20/h1,3,5,7,12,14-15H,2,4,6,9-10,18H2,(H,19,21). The van der Waals surface area contributed by atoms with Crippen LogP contribution in [0.25, 0.3) is 0 Å². The summed E-state index contributed by atoms with van der Waals surface area (Å²) in [4.78, 5) is 14.2. The molecule has 3 N–H and O–H groups in total. The minimum Gasteiger partial charge on any atom is -0.327 e. The van der Waals surface area contributed by atoms with Gasteiger partial charge in [0.15, 0.2) is 0 Å². The van der Waals surface area contributed by atoms with Crippen LogP contribution in [0, 0.1) is 23.2 Å². The van der Waals surface area contributed by atoms with Crippen LogP contribution in [0.1, 0.15) is 24.8 Å². The Bertz CT molecular complexity index is 580. The summed E-state index contributed by atoms with van der Waals surface area (Å²) in [6.45, 7) is 1.54. The van der Waals surface area contributed by atoms with E-state index in [4.69, 9.17) is 11.0 Å². The smallest absolute Gasteiger partial charge is 0.321 e. The summed E-state index contributed by atoms with van der Waals surface area (Å²) in [5.41, 5.74) is 7.39. The van der Waals surface area contributed by atoms with Crippen molar-refractivity contribution in [1.29, 1.82) is 5.26 Å². The molecule has 5 heteroatoms. The van der Waals surface area contributed by atoms with Gasteiger partial charge in [0.2, 0.25) is 0 Å². The number of hydrogen-bond acceptors (Lipinski definition) is 3. The normalized spacial score (nSPS) is 27.8. The van der Waals surface area contributed by atoms with Crippen molar-refractivity contribution in [2.45, 2.75) is 25.3 Å². The molecule has 1 saturated carbocycles. The van der Waals surface area contributed by atoms with Gasteiger partial charge in [-0.25, -0.2) is 4.79 Å². The quantitative estimate of drug-likeness (QED) is 0.829. The number of likely N-dealkylation sites (tertiary alicyclic amines) is 1. The molecule has 0 radical (unpaired) electrons. The highest BCUT2D eigenvalue weighted by Crippen LogP contribution is 2.35. The number of nitrogens with two attached hydrogens (primary N) is 1.